The average molecular weight is 441 g/mol. The molecule has 0 amide bonds. The molecule has 0 bridgehead atoms. The van der Waals surface area contributed by atoms with E-state index in [1.165, 1.54) is 34.3 Å². The zero-order chi connectivity index (χ0) is 23.4. The number of methoxy groups -OCH3 is 1. The van der Waals surface area contributed by atoms with Crippen LogP contribution in [-0.2, 0) is 4.74 Å². The summed E-state index contributed by atoms with van der Waals surface area (Å²) >= 11 is 0. The number of rotatable bonds is 7. The summed E-state index contributed by atoms with van der Waals surface area (Å²) in [5.74, 6) is -0.0906. The standard InChI is InChI=1S/C27H40N2O3/c1-17(2)20(5)22-9-7-8-21(22)18(3)10-12-23-26(28-14-15-29(23)16-32-6)25-19(4)11-13-24(30)27(25)31/h10-11,13,23,26,28,30-31H,7-9,12,14-16H2,1-6H3/b18-10+. The summed E-state index contributed by atoms with van der Waals surface area (Å²) in [6, 6.07) is 3.45. The highest BCUT2D eigenvalue weighted by Gasteiger charge is 2.34. The van der Waals surface area contributed by atoms with Crippen molar-refractivity contribution in [1.29, 1.82) is 0 Å². The number of allylic oxidation sites excluding steroid dienone is 5. The Hall–Kier alpha value is -2.08. The number of piperazine rings is 1. The van der Waals surface area contributed by atoms with Gasteiger partial charge in [-0.15, -0.1) is 0 Å². The van der Waals surface area contributed by atoms with Gasteiger partial charge >= 0.3 is 0 Å². The van der Waals surface area contributed by atoms with E-state index in [4.69, 9.17) is 4.74 Å². The van der Waals surface area contributed by atoms with E-state index in [1.54, 1.807) is 13.2 Å². The van der Waals surface area contributed by atoms with Crippen molar-refractivity contribution in [3.05, 3.63) is 57.2 Å². The predicted octanol–water partition coefficient (Wildman–Crippen LogP) is 5.50. The fraction of sp³-hybridized carbons (Fsp3) is 0.556. The molecule has 2 unspecified atom stereocenters. The van der Waals surface area contributed by atoms with E-state index in [2.05, 4.69) is 44.0 Å². The first kappa shape index (κ1) is 24.6. The fourth-order valence-corrected chi connectivity index (χ4v) is 5.19. The molecule has 0 saturated carbocycles. The lowest BCUT2D eigenvalue weighted by Gasteiger charge is -2.42. The van der Waals surface area contributed by atoms with E-state index in [1.807, 2.05) is 13.0 Å². The maximum absolute atomic E-state index is 10.7. The monoisotopic (exact) mass is 440 g/mol. The van der Waals surface area contributed by atoms with Gasteiger partial charge in [-0.25, -0.2) is 0 Å². The number of nitrogens with one attached hydrogen (secondary N) is 1. The van der Waals surface area contributed by atoms with Crippen molar-refractivity contribution < 1.29 is 14.9 Å². The minimum atomic E-state index is -0.0911. The van der Waals surface area contributed by atoms with Gasteiger partial charge in [-0.1, -0.05) is 23.3 Å². The molecule has 1 aliphatic carbocycles. The number of benzene rings is 1. The number of nitrogens with zero attached hydrogens (tertiary/aromatic N) is 1. The summed E-state index contributed by atoms with van der Waals surface area (Å²) in [5, 5.41) is 24.5. The van der Waals surface area contributed by atoms with Gasteiger partial charge in [-0.3, -0.25) is 4.90 Å². The van der Waals surface area contributed by atoms with Crippen LogP contribution in [0, 0.1) is 6.92 Å². The van der Waals surface area contributed by atoms with Crippen molar-refractivity contribution in [3.8, 4) is 11.5 Å². The van der Waals surface area contributed by atoms with Crippen LogP contribution in [0.2, 0.25) is 0 Å². The Balaban J connectivity index is 1.95. The molecule has 3 rings (SSSR count). The Morgan fingerprint density at radius 2 is 1.88 bits per heavy atom. The zero-order valence-electron chi connectivity index (χ0n) is 20.6. The van der Waals surface area contributed by atoms with E-state index in [-0.39, 0.29) is 23.6 Å². The highest BCUT2D eigenvalue weighted by molar-refractivity contribution is 5.51. The lowest BCUT2D eigenvalue weighted by atomic mass is 9.88. The van der Waals surface area contributed by atoms with Gasteiger partial charge in [0.1, 0.15) is 0 Å². The Morgan fingerprint density at radius 1 is 1.16 bits per heavy atom. The van der Waals surface area contributed by atoms with Gasteiger partial charge in [-0.05, 0) is 88.7 Å². The number of hydrogen-bond acceptors (Lipinski definition) is 5. The van der Waals surface area contributed by atoms with Gasteiger partial charge in [0.15, 0.2) is 11.5 Å². The molecule has 0 aromatic heterocycles. The van der Waals surface area contributed by atoms with E-state index >= 15 is 0 Å². The van der Waals surface area contributed by atoms with Crippen LogP contribution in [0.4, 0.5) is 0 Å². The van der Waals surface area contributed by atoms with E-state index in [9.17, 15) is 10.2 Å². The van der Waals surface area contributed by atoms with E-state index in [0.29, 0.717) is 6.73 Å². The Kier molecular flexibility index (Phi) is 8.21. The summed E-state index contributed by atoms with van der Waals surface area (Å²) in [6.07, 6.45) is 6.73. The van der Waals surface area contributed by atoms with Crippen LogP contribution in [0.15, 0.2) is 46.1 Å². The van der Waals surface area contributed by atoms with E-state index in [0.717, 1.165) is 43.5 Å². The highest BCUT2D eigenvalue weighted by Crippen LogP contribution is 2.40. The van der Waals surface area contributed by atoms with Gasteiger partial charge in [0.25, 0.3) is 0 Å². The smallest absolute Gasteiger partial charge is 0.162 e. The van der Waals surface area contributed by atoms with Crippen molar-refractivity contribution in [2.24, 2.45) is 0 Å². The number of hydrogen-bond donors (Lipinski definition) is 3. The third-order valence-corrected chi connectivity index (χ3v) is 7.20. The van der Waals surface area contributed by atoms with Gasteiger partial charge in [-0.2, -0.15) is 0 Å². The topological polar surface area (TPSA) is 65.0 Å². The van der Waals surface area contributed by atoms with E-state index < -0.39 is 0 Å². The highest BCUT2D eigenvalue weighted by atomic mass is 16.5. The predicted molar refractivity (Wildman–Crippen MR) is 131 cm³/mol. The van der Waals surface area contributed by atoms with Crippen molar-refractivity contribution in [1.82, 2.24) is 10.2 Å². The second kappa shape index (κ2) is 10.7. The minimum absolute atomic E-state index is 0.0209. The fourth-order valence-electron chi connectivity index (χ4n) is 5.19. The largest absolute Gasteiger partial charge is 0.504 e. The van der Waals surface area contributed by atoms with Gasteiger partial charge in [0.05, 0.1) is 12.8 Å². The lowest BCUT2D eigenvalue weighted by Crippen LogP contribution is -2.53. The van der Waals surface area contributed by atoms with Crippen molar-refractivity contribution in [3.63, 3.8) is 0 Å². The number of aromatic hydroxyl groups is 2. The summed E-state index contributed by atoms with van der Waals surface area (Å²) in [6.45, 7) is 13.1. The van der Waals surface area contributed by atoms with Crippen LogP contribution in [0.25, 0.3) is 0 Å². The van der Waals surface area contributed by atoms with Gasteiger partial charge in [0.2, 0.25) is 0 Å². The Bertz CT molecular complexity index is 923. The summed E-state index contributed by atoms with van der Waals surface area (Å²) < 4.78 is 5.51. The molecule has 1 aromatic rings. The van der Waals surface area contributed by atoms with Crippen LogP contribution < -0.4 is 5.32 Å². The molecule has 0 spiro atoms. The average Bonchev–Trinajstić information content (AvgIpc) is 3.25. The maximum Gasteiger partial charge on any atom is 0.162 e. The molecule has 0 radical (unpaired) electrons. The SMILES string of the molecule is COCN1CCNC(c2c(C)ccc(O)c2O)C1C/C=C(\C)C1=C(C(C)=C(C)C)CCC1. The second-order valence-electron chi connectivity index (χ2n) is 9.45. The number of phenolic OH excluding ortho intramolecular Hbond substituents is 2. The minimum Gasteiger partial charge on any atom is -0.504 e. The van der Waals surface area contributed by atoms with Crippen LogP contribution in [0.3, 0.4) is 0 Å². The second-order valence-corrected chi connectivity index (χ2v) is 9.45. The molecule has 1 saturated heterocycles. The van der Waals surface area contributed by atoms with Gasteiger partial charge in [0, 0.05) is 31.8 Å². The molecule has 3 N–H and O–H groups in total. The van der Waals surface area contributed by atoms with Crippen LogP contribution in [-0.4, -0.2) is 48.1 Å². The maximum atomic E-state index is 10.7. The zero-order valence-corrected chi connectivity index (χ0v) is 20.6. The molecule has 1 fully saturated rings. The van der Waals surface area contributed by atoms with Crippen LogP contribution in [0.1, 0.15) is 70.5 Å². The molecule has 1 aromatic carbocycles. The summed E-state index contributed by atoms with van der Waals surface area (Å²) in [7, 11) is 1.73. The number of aryl methyl sites for hydroxylation is 1. The van der Waals surface area contributed by atoms with Gasteiger partial charge < -0.3 is 20.3 Å². The van der Waals surface area contributed by atoms with Crippen molar-refractivity contribution in [2.75, 3.05) is 26.9 Å². The first-order valence-corrected chi connectivity index (χ1v) is 11.8. The molecule has 2 atom stereocenters. The molecule has 1 aliphatic heterocycles. The molecular formula is C27H40N2O3. The number of phenols is 2. The Morgan fingerprint density at radius 3 is 2.56 bits per heavy atom. The lowest BCUT2D eigenvalue weighted by molar-refractivity contribution is 0.00465. The first-order valence-electron chi connectivity index (χ1n) is 11.8. The quantitative estimate of drug-likeness (QED) is 0.489. The summed E-state index contributed by atoms with van der Waals surface area (Å²) in [5.41, 5.74) is 8.96. The normalized spacial score (nSPS) is 22.5. The molecule has 32 heavy (non-hydrogen) atoms. The molecule has 1 heterocycles. The molecule has 176 valence electrons. The number of ether oxygens (including phenoxy) is 1. The third kappa shape index (κ3) is 5.11. The third-order valence-electron chi connectivity index (χ3n) is 7.20. The Labute approximate surface area is 193 Å². The van der Waals surface area contributed by atoms with Crippen molar-refractivity contribution >= 4 is 0 Å². The van der Waals surface area contributed by atoms with Crippen LogP contribution in [0.5, 0.6) is 11.5 Å². The molecule has 2 aliphatic rings. The molecule has 5 heteroatoms. The summed E-state index contributed by atoms with van der Waals surface area (Å²) in [4.78, 5) is 2.33. The molecular weight excluding hydrogens is 400 g/mol. The molecule has 5 nitrogen and oxygen atoms in total. The first-order chi connectivity index (χ1) is 15.3. The van der Waals surface area contributed by atoms with Crippen molar-refractivity contribution in [2.45, 2.75) is 72.4 Å². The van der Waals surface area contributed by atoms with Crippen LogP contribution >= 0.6 is 0 Å².